The number of nitrogens with one attached hydrogen (secondary N) is 1. The zero-order chi connectivity index (χ0) is 28.9. The Bertz CT molecular complexity index is 1630. The maximum absolute atomic E-state index is 13.5. The molecular weight excluding hydrogens is 545 g/mol. The van der Waals surface area contributed by atoms with E-state index in [1.165, 1.54) is 24.3 Å². The van der Waals surface area contributed by atoms with Gasteiger partial charge in [0, 0.05) is 35.9 Å². The largest absolute Gasteiger partial charge is 0.433 e. The van der Waals surface area contributed by atoms with Gasteiger partial charge in [-0.05, 0) is 37.0 Å². The van der Waals surface area contributed by atoms with Crippen LogP contribution in [0, 0.1) is 0 Å². The molecule has 2 aromatic heterocycles. The fourth-order valence-electron chi connectivity index (χ4n) is 5.35. The van der Waals surface area contributed by atoms with Crippen LogP contribution in [-0.2, 0) is 31.9 Å². The van der Waals surface area contributed by atoms with Crippen molar-refractivity contribution in [2.75, 3.05) is 6.54 Å². The third-order valence-electron chi connectivity index (χ3n) is 7.18. The SMILES string of the molecule is O=C1CCC(N2C(=O)C3=C(C2=O)N(Cc2nc(-c4cccc(-c5cccnc5C(F)(F)F)c4)no2)CCC3)C(=O)N1. The van der Waals surface area contributed by atoms with Crippen LogP contribution in [0.1, 0.15) is 37.3 Å². The minimum Gasteiger partial charge on any atom is -0.357 e. The minimum absolute atomic E-state index is 0.00540. The lowest BCUT2D eigenvalue weighted by Gasteiger charge is -2.29. The van der Waals surface area contributed by atoms with Gasteiger partial charge in [-0.2, -0.15) is 18.2 Å². The summed E-state index contributed by atoms with van der Waals surface area (Å²) in [5.74, 6) is -2.07. The molecule has 0 radical (unpaired) electrons. The quantitative estimate of drug-likeness (QED) is 0.462. The van der Waals surface area contributed by atoms with Gasteiger partial charge in [0.15, 0.2) is 5.69 Å². The van der Waals surface area contributed by atoms with Crippen LogP contribution in [0.4, 0.5) is 13.2 Å². The Balaban J connectivity index is 1.23. The van der Waals surface area contributed by atoms with Crippen LogP contribution in [0.15, 0.2) is 58.4 Å². The van der Waals surface area contributed by atoms with Gasteiger partial charge in [-0.3, -0.25) is 34.4 Å². The molecule has 3 aromatic rings. The lowest BCUT2D eigenvalue weighted by atomic mass is 10.0. The zero-order valence-corrected chi connectivity index (χ0v) is 21.3. The highest BCUT2D eigenvalue weighted by Crippen LogP contribution is 2.37. The average molecular weight is 566 g/mol. The second-order valence-electron chi connectivity index (χ2n) is 9.79. The highest BCUT2D eigenvalue weighted by Gasteiger charge is 2.48. The van der Waals surface area contributed by atoms with Gasteiger partial charge in [0.1, 0.15) is 11.7 Å². The summed E-state index contributed by atoms with van der Waals surface area (Å²) in [6, 6.07) is 7.90. The number of carbonyl (C=O) groups is 4. The second kappa shape index (κ2) is 9.94. The molecule has 11 nitrogen and oxygen atoms in total. The number of hydrogen-bond acceptors (Lipinski definition) is 9. The summed E-state index contributed by atoms with van der Waals surface area (Å²) >= 11 is 0. The molecule has 3 aliphatic rings. The molecular formula is C27H21F3N6O5. The molecule has 0 aliphatic carbocycles. The van der Waals surface area contributed by atoms with E-state index in [2.05, 4.69) is 20.4 Å². The van der Waals surface area contributed by atoms with E-state index >= 15 is 0 Å². The topological polar surface area (TPSA) is 139 Å². The fraction of sp³-hybridized carbons (Fsp3) is 0.296. The summed E-state index contributed by atoms with van der Waals surface area (Å²) in [5, 5.41) is 6.14. The van der Waals surface area contributed by atoms with E-state index in [0.717, 1.165) is 11.1 Å². The van der Waals surface area contributed by atoms with Crippen molar-refractivity contribution in [2.45, 2.75) is 44.4 Å². The molecule has 41 heavy (non-hydrogen) atoms. The molecule has 0 bridgehead atoms. The number of alkyl halides is 3. The number of halogens is 3. The van der Waals surface area contributed by atoms with E-state index in [0.29, 0.717) is 24.9 Å². The minimum atomic E-state index is -4.64. The van der Waals surface area contributed by atoms with Gasteiger partial charge in [0.2, 0.25) is 23.5 Å². The number of carbonyl (C=O) groups excluding carboxylic acids is 4. The number of imide groups is 2. The lowest BCUT2D eigenvalue weighted by Crippen LogP contribution is -2.55. The number of nitrogens with zero attached hydrogens (tertiary/aromatic N) is 5. The summed E-state index contributed by atoms with van der Waals surface area (Å²) in [5.41, 5.74) is 0.0118. The molecule has 4 amide bonds. The monoisotopic (exact) mass is 566 g/mol. The first-order chi connectivity index (χ1) is 19.6. The Morgan fingerprint density at radius 1 is 1.02 bits per heavy atom. The van der Waals surface area contributed by atoms with Gasteiger partial charge >= 0.3 is 6.18 Å². The molecule has 3 aliphatic heterocycles. The number of benzene rings is 1. The fourth-order valence-corrected chi connectivity index (χ4v) is 5.35. The van der Waals surface area contributed by atoms with Crippen LogP contribution in [-0.4, -0.2) is 61.1 Å². The Labute approximate surface area is 230 Å². The van der Waals surface area contributed by atoms with Crippen LogP contribution in [0.25, 0.3) is 22.5 Å². The molecule has 1 unspecified atom stereocenters. The van der Waals surface area contributed by atoms with E-state index in [4.69, 9.17) is 4.52 Å². The van der Waals surface area contributed by atoms with E-state index in [1.54, 1.807) is 17.0 Å². The molecule has 14 heteroatoms. The van der Waals surface area contributed by atoms with Crippen molar-refractivity contribution in [1.82, 2.24) is 30.2 Å². The molecule has 1 saturated heterocycles. The Morgan fingerprint density at radius 2 is 1.83 bits per heavy atom. The van der Waals surface area contributed by atoms with Crippen molar-refractivity contribution in [3.05, 3.63) is 65.4 Å². The number of aromatic nitrogens is 3. The first-order valence-electron chi connectivity index (χ1n) is 12.8. The van der Waals surface area contributed by atoms with Gasteiger partial charge in [-0.25, -0.2) is 0 Å². The van der Waals surface area contributed by atoms with E-state index in [1.807, 2.05) is 0 Å². The number of piperidine rings is 1. The van der Waals surface area contributed by atoms with Crippen molar-refractivity contribution in [1.29, 1.82) is 0 Å². The summed E-state index contributed by atoms with van der Waals surface area (Å²) < 4.78 is 45.9. The molecule has 210 valence electrons. The molecule has 1 aromatic carbocycles. The summed E-state index contributed by atoms with van der Waals surface area (Å²) in [6.07, 6.45) is -2.56. The number of hydrogen-bond donors (Lipinski definition) is 1. The number of amides is 4. The summed E-state index contributed by atoms with van der Waals surface area (Å²) in [6.45, 7) is 0.407. The first-order valence-corrected chi connectivity index (χ1v) is 12.8. The first kappa shape index (κ1) is 26.3. The van der Waals surface area contributed by atoms with Crippen molar-refractivity contribution in [3.63, 3.8) is 0 Å². The third kappa shape index (κ3) is 4.74. The van der Waals surface area contributed by atoms with Gasteiger partial charge in [-0.1, -0.05) is 29.4 Å². The molecule has 1 atom stereocenters. The van der Waals surface area contributed by atoms with Crippen molar-refractivity contribution in [3.8, 4) is 22.5 Å². The molecule has 6 rings (SSSR count). The highest BCUT2D eigenvalue weighted by atomic mass is 19.4. The van der Waals surface area contributed by atoms with Crippen LogP contribution < -0.4 is 5.32 Å². The number of pyridine rings is 1. The molecule has 0 saturated carbocycles. The van der Waals surface area contributed by atoms with E-state index < -0.39 is 41.5 Å². The summed E-state index contributed by atoms with van der Waals surface area (Å²) in [4.78, 5) is 60.9. The summed E-state index contributed by atoms with van der Waals surface area (Å²) in [7, 11) is 0. The normalized spacial score (nSPS) is 19.6. The Hall–Kier alpha value is -4.88. The molecule has 0 spiro atoms. The smallest absolute Gasteiger partial charge is 0.357 e. The van der Waals surface area contributed by atoms with Crippen molar-refractivity contribution < 1.29 is 36.9 Å². The van der Waals surface area contributed by atoms with Crippen LogP contribution in [0.5, 0.6) is 0 Å². The van der Waals surface area contributed by atoms with Gasteiger partial charge in [-0.15, -0.1) is 0 Å². The Morgan fingerprint density at radius 3 is 2.61 bits per heavy atom. The molecule has 1 fully saturated rings. The van der Waals surface area contributed by atoms with Crippen LogP contribution >= 0.6 is 0 Å². The average Bonchev–Trinajstić information content (AvgIpc) is 3.51. The number of rotatable bonds is 5. The predicted octanol–water partition coefficient (Wildman–Crippen LogP) is 2.84. The third-order valence-corrected chi connectivity index (χ3v) is 7.18. The maximum Gasteiger partial charge on any atom is 0.433 e. The van der Waals surface area contributed by atoms with Crippen LogP contribution in [0.2, 0.25) is 0 Å². The zero-order valence-electron chi connectivity index (χ0n) is 21.3. The van der Waals surface area contributed by atoms with Crippen molar-refractivity contribution >= 4 is 23.6 Å². The van der Waals surface area contributed by atoms with Gasteiger partial charge in [0.25, 0.3) is 11.8 Å². The van der Waals surface area contributed by atoms with E-state index in [9.17, 15) is 32.3 Å². The highest BCUT2D eigenvalue weighted by molar-refractivity contribution is 6.21. The van der Waals surface area contributed by atoms with Crippen molar-refractivity contribution in [2.24, 2.45) is 0 Å². The maximum atomic E-state index is 13.5. The predicted molar refractivity (Wildman–Crippen MR) is 133 cm³/mol. The van der Waals surface area contributed by atoms with Gasteiger partial charge in [0.05, 0.1) is 6.54 Å². The van der Waals surface area contributed by atoms with Gasteiger partial charge < -0.3 is 9.42 Å². The second-order valence-corrected chi connectivity index (χ2v) is 9.79. The molecule has 1 N–H and O–H groups in total. The standard InChI is InChI=1S/C27H21F3N6O5/c28-27(29,30)22-16(6-2-10-31-22)14-4-1-5-15(12-14)23-33-20(41-34-23)13-35-11-3-7-17-21(35)26(40)36(25(17)39)18-8-9-19(37)32-24(18)38/h1-2,4-6,10,12,18H,3,7-9,11,13H2,(H,32,37,38). The van der Waals surface area contributed by atoms with Crippen LogP contribution in [0.3, 0.4) is 0 Å². The Kier molecular flexibility index (Phi) is 6.39. The van der Waals surface area contributed by atoms with E-state index in [-0.39, 0.29) is 53.5 Å². The lowest BCUT2D eigenvalue weighted by molar-refractivity contribution is -0.150. The molecule has 5 heterocycles.